The number of ketones is 1. The fourth-order valence-corrected chi connectivity index (χ4v) is 4.76. The molecule has 1 saturated heterocycles. The molecule has 1 aliphatic rings. The van der Waals surface area contributed by atoms with Gasteiger partial charge in [0.2, 0.25) is 0 Å². The van der Waals surface area contributed by atoms with Crippen LogP contribution in [0.15, 0.2) is 107 Å². The van der Waals surface area contributed by atoms with E-state index in [0.717, 1.165) is 15.6 Å². The molecule has 6 heteroatoms. The number of amides is 1. The van der Waals surface area contributed by atoms with Crippen molar-refractivity contribution in [2.45, 2.75) is 19.9 Å². The normalized spacial score (nSPS) is 16.7. The van der Waals surface area contributed by atoms with Crippen molar-refractivity contribution in [3.8, 4) is 11.5 Å². The van der Waals surface area contributed by atoms with Crippen molar-refractivity contribution in [3.63, 3.8) is 0 Å². The Balaban J connectivity index is 1.68. The van der Waals surface area contributed by atoms with Gasteiger partial charge >= 0.3 is 0 Å². The third-order valence-electron chi connectivity index (χ3n) is 6.31. The van der Waals surface area contributed by atoms with E-state index in [1.165, 1.54) is 4.90 Å². The van der Waals surface area contributed by atoms with Crippen LogP contribution in [0.4, 0.5) is 5.69 Å². The van der Waals surface area contributed by atoms with Gasteiger partial charge in [0, 0.05) is 15.7 Å². The van der Waals surface area contributed by atoms with E-state index in [4.69, 9.17) is 4.74 Å². The van der Waals surface area contributed by atoms with Gasteiger partial charge < -0.3 is 9.84 Å². The number of para-hydroxylation sites is 1. The van der Waals surface area contributed by atoms with Crippen molar-refractivity contribution in [1.82, 2.24) is 0 Å². The SMILES string of the molecule is Cc1cccc(N2C(=O)C(=O)/C(=C(\O)c3ccc(Br)c(C)c3)C2c2cccc(Oc3ccccc3)c2)c1. The molecule has 0 radical (unpaired) electrons. The van der Waals surface area contributed by atoms with Gasteiger partial charge in [0.1, 0.15) is 17.3 Å². The van der Waals surface area contributed by atoms with E-state index in [2.05, 4.69) is 15.9 Å². The molecule has 0 aliphatic carbocycles. The lowest BCUT2D eigenvalue weighted by atomic mass is 9.94. The first kappa shape index (κ1) is 24.5. The van der Waals surface area contributed by atoms with Gasteiger partial charge in [-0.15, -0.1) is 0 Å². The van der Waals surface area contributed by atoms with Crippen LogP contribution in [0.3, 0.4) is 0 Å². The van der Waals surface area contributed by atoms with Gasteiger partial charge in [-0.1, -0.05) is 64.5 Å². The van der Waals surface area contributed by atoms with Crippen molar-refractivity contribution >= 4 is 39.1 Å². The van der Waals surface area contributed by atoms with Crippen LogP contribution >= 0.6 is 15.9 Å². The lowest BCUT2D eigenvalue weighted by Gasteiger charge is -2.26. The zero-order valence-corrected chi connectivity index (χ0v) is 21.9. The Morgan fingerprint density at radius 3 is 2.30 bits per heavy atom. The van der Waals surface area contributed by atoms with Crippen LogP contribution in [-0.4, -0.2) is 16.8 Å². The third kappa shape index (κ3) is 4.80. The smallest absolute Gasteiger partial charge is 0.300 e. The number of aliphatic hydroxyl groups excluding tert-OH is 1. The maximum atomic E-state index is 13.5. The molecule has 1 aliphatic heterocycles. The van der Waals surface area contributed by atoms with Crippen LogP contribution in [0.5, 0.6) is 11.5 Å². The summed E-state index contributed by atoms with van der Waals surface area (Å²) < 4.78 is 6.91. The average Bonchev–Trinajstić information content (AvgIpc) is 3.16. The summed E-state index contributed by atoms with van der Waals surface area (Å²) in [4.78, 5) is 28.3. The van der Waals surface area contributed by atoms with Crippen molar-refractivity contribution in [2.75, 3.05) is 4.90 Å². The molecule has 1 heterocycles. The van der Waals surface area contributed by atoms with E-state index < -0.39 is 17.7 Å². The summed E-state index contributed by atoms with van der Waals surface area (Å²) in [6.45, 7) is 3.82. The number of carbonyl (C=O) groups is 2. The fourth-order valence-electron chi connectivity index (χ4n) is 4.51. The topological polar surface area (TPSA) is 66.8 Å². The van der Waals surface area contributed by atoms with Crippen LogP contribution in [-0.2, 0) is 9.59 Å². The van der Waals surface area contributed by atoms with Crippen LogP contribution in [0.1, 0.15) is 28.3 Å². The minimum absolute atomic E-state index is 0.0325. The number of nitrogens with zero attached hydrogens (tertiary/aromatic N) is 1. The van der Waals surface area contributed by atoms with Crippen molar-refractivity contribution in [1.29, 1.82) is 0 Å². The minimum Gasteiger partial charge on any atom is -0.507 e. The van der Waals surface area contributed by atoms with Gasteiger partial charge in [0.05, 0.1) is 11.6 Å². The largest absolute Gasteiger partial charge is 0.507 e. The molecule has 4 aromatic carbocycles. The number of aliphatic hydroxyl groups is 1. The molecule has 0 saturated carbocycles. The zero-order chi connectivity index (χ0) is 26.1. The Bertz CT molecular complexity index is 1540. The maximum absolute atomic E-state index is 13.5. The van der Waals surface area contributed by atoms with E-state index in [0.29, 0.717) is 28.3 Å². The molecule has 1 N–H and O–H groups in total. The molecule has 5 nitrogen and oxygen atoms in total. The number of Topliss-reactive ketones (excluding diaryl/α,β-unsaturated/α-hetero) is 1. The van der Waals surface area contributed by atoms with Crippen LogP contribution in [0, 0.1) is 13.8 Å². The molecule has 1 amide bonds. The Hall–Kier alpha value is -4.16. The number of carbonyl (C=O) groups excluding carboxylic acids is 2. The first-order chi connectivity index (χ1) is 17.8. The lowest BCUT2D eigenvalue weighted by molar-refractivity contribution is -0.132. The predicted octanol–water partition coefficient (Wildman–Crippen LogP) is 7.48. The molecular formula is C31H24BrNO4. The highest BCUT2D eigenvalue weighted by Crippen LogP contribution is 2.43. The van der Waals surface area contributed by atoms with Crippen molar-refractivity contribution in [2.24, 2.45) is 0 Å². The Kier molecular flexibility index (Phi) is 6.68. The Morgan fingerprint density at radius 2 is 1.57 bits per heavy atom. The molecule has 0 spiro atoms. The van der Waals surface area contributed by atoms with E-state index in [-0.39, 0.29) is 11.3 Å². The van der Waals surface area contributed by atoms with E-state index in [1.54, 1.807) is 24.3 Å². The quantitative estimate of drug-likeness (QED) is 0.158. The van der Waals surface area contributed by atoms with Gasteiger partial charge in [-0.05, 0) is 79.1 Å². The van der Waals surface area contributed by atoms with E-state index in [1.807, 2.05) is 86.6 Å². The molecule has 0 aromatic heterocycles. The second-order valence-corrected chi connectivity index (χ2v) is 9.81. The number of halogens is 1. The highest BCUT2D eigenvalue weighted by Gasteiger charge is 2.47. The summed E-state index contributed by atoms with van der Waals surface area (Å²) in [5.41, 5.74) is 3.56. The van der Waals surface area contributed by atoms with Crippen LogP contribution in [0.25, 0.3) is 5.76 Å². The molecular weight excluding hydrogens is 530 g/mol. The maximum Gasteiger partial charge on any atom is 0.300 e. The number of rotatable bonds is 5. The summed E-state index contributed by atoms with van der Waals surface area (Å²) in [5, 5.41) is 11.4. The minimum atomic E-state index is -0.843. The molecule has 1 atom stereocenters. The number of hydrogen-bond acceptors (Lipinski definition) is 4. The summed E-state index contributed by atoms with van der Waals surface area (Å²) in [7, 11) is 0. The lowest BCUT2D eigenvalue weighted by Crippen LogP contribution is -2.29. The Morgan fingerprint density at radius 1 is 0.838 bits per heavy atom. The zero-order valence-electron chi connectivity index (χ0n) is 20.3. The molecule has 184 valence electrons. The van der Waals surface area contributed by atoms with Gasteiger partial charge in [-0.3, -0.25) is 14.5 Å². The third-order valence-corrected chi connectivity index (χ3v) is 7.20. The summed E-state index contributed by atoms with van der Waals surface area (Å²) in [6, 6.07) is 28.5. The molecule has 0 bridgehead atoms. The highest BCUT2D eigenvalue weighted by molar-refractivity contribution is 9.10. The van der Waals surface area contributed by atoms with E-state index in [9.17, 15) is 14.7 Å². The summed E-state index contributed by atoms with van der Waals surface area (Å²) >= 11 is 3.47. The molecule has 1 unspecified atom stereocenters. The second kappa shape index (κ2) is 10.1. The number of benzene rings is 4. The van der Waals surface area contributed by atoms with Gasteiger partial charge in [-0.2, -0.15) is 0 Å². The van der Waals surface area contributed by atoms with Gasteiger partial charge in [-0.25, -0.2) is 0 Å². The monoisotopic (exact) mass is 553 g/mol. The summed E-state index contributed by atoms with van der Waals surface area (Å²) in [5.74, 6) is -0.432. The number of aryl methyl sites for hydroxylation is 2. The molecule has 37 heavy (non-hydrogen) atoms. The first-order valence-electron chi connectivity index (χ1n) is 11.8. The number of anilines is 1. The molecule has 4 aromatic rings. The van der Waals surface area contributed by atoms with E-state index >= 15 is 0 Å². The number of hydrogen-bond donors (Lipinski definition) is 1. The first-order valence-corrected chi connectivity index (χ1v) is 12.6. The second-order valence-electron chi connectivity index (χ2n) is 8.96. The Labute approximate surface area is 223 Å². The van der Waals surface area contributed by atoms with Gasteiger partial charge in [0.25, 0.3) is 11.7 Å². The summed E-state index contributed by atoms with van der Waals surface area (Å²) in [6.07, 6.45) is 0. The fraction of sp³-hybridized carbons (Fsp3) is 0.0968. The molecule has 1 fully saturated rings. The molecule has 5 rings (SSSR count). The highest BCUT2D eigenvalue weighted by atomic mass is 79.9. The average molecular weight is 554 g/mol. The predicted molar refractivity (Wildman–Crippen MR) is 148 cm³/mol. The van der Waals surface area contributed by atoms with Gasteiger partial charge in [0.15, 0.2) is 0 Å². The van der Waals surface area contributed by atoms with Crippen LogP contribution in [0.2, 0.25) is 0 Å². The van der Waals surface area contributed by atoms with Crippen LogP contribution < -0.4 is 9.64 Å². The number of ether oxygens (including phenoxy) is 1. The van der Waals surface area contributed by atoms with Crippen molar-refractivity contribution in [3.05, 3.63) is 129 Å². The standard InChI is InChI=1S/C31H24BrNO4/c1-19-8-6-10-23(16-19)33-28(21-9-7-13-25(18-21)37-24-11-4-3-5-12-24)27(30(35)31(33)36)29(34)22-14-15-26(32)20(2)17-22/h3-18,28,34H,1-2H3/b29-27-. The van der Waals surface area contributed by atoms with Crippen molar-refractivity contribution < 1.29 is 19.4 Å².